The molecule has 0 aromatic heterocycles. The minimum atomic E-state index is 0.0591. The second-order valence-electron chi connectivity index (χ2n) is 7.83. The first-order valence-corrected chi connectivity index (χ1v) is 10.2. The molecule has 1 aliphatic carbocycles. The first-order valence-electron chi connectivity index (χ1n) is 10.2. The number of anilines is 1. The van der Waals surface area contributed by atoms with Gasteiger partial charge in [0.15, 0.2) is 0 Å². The van der Waals surface area contributed by atoms with E-state index >= 15 is 0 Å². The summed E-state index contributed by atoms with van der Waals surface area (Å²) < 4.78 is 0. The van der Waals surface area contributed by atoms with Gasteiger partial charge in [0.05, 0.1) is 11.6 Å². The van der Waals surface area contributed by atoms with Crippen LogP contribution in [0.5, 0.6) is 0 Å². The fourth-order valence-electron chi connectivity index (χ4n) is 4.53. The van der Waals surface area contributed by atoms with Crippen LogP contribution in [0.3, 0.4) is 0 Å². The molecule has 2 heteroatoms. The van der Waals surface area contributed by atoms with Crippen LogP contribution in [0.4, 0.5) is 5.69 Å². The zero-order valence-electron chi connectivity index (χ0n) is 17.7. The van der Waals surface area contributed by atoms with Crippen LogP contribution in [-0.4, -0.2) is 7.05 Å². The van der Waals surface area contributed by atoms with Gasteiger partial charge in [-0.2, -0.15) is 5.26 Å². The van der Waals surface area contributed by atoms with Gasteiger partial charge >= 0.3 is 0 Å². The standard InChI is InChI=1S/C26H30N2/c1-6-7-8-9-13-23-24(17-27)21-12-10-11-14-22(21)26(23)28(5)25-19(3)15-18(2)16-20(25)4/h9-16,26H,6-8H2,1-5H3/b13-9+. The summed E-state index contributed by atoms with van der Waals surface area (Å²) in [6.07, 6.45) is 7.83. The smallest absolute Gasteiger partial charge is 0.100 e. The molecule has 0 radical (unpaired) electrons. The van der Waals surface area contributed by atoms with Gasteiger partial charge in [-0.15, -0.1) is 0 Å². The van der Waals surface area contributed by atoms with E-state index in [1.165, 1.54) is 40.8 Å². The van der Waals surface area contributed by atoms with E-state index in [1.807, 2.05) is 6.07 Å². The summed E-state index contributed by atoms with van der Waals surface area (Å²) in [6, 6.07) is 15.4. The highest BCUT2D eigenvalue weighted by Crippen LogP contribution is 2.46. The number of unbranched alkanes of at least 4 members (excludes halogenated alkanes) is 2. The molecule has 0 amide bonds. The Bertz CT molecular complexity index is 949. The van der Waals surface area contributed by atoms with Crippen LogP contribution >= 0.6 is 0 Å². The highest BCUT2D eigenvalue weighted by molar-refractivity contribution is 5.89. The lowest BCUT2D eigenvalue weighted by Crippen LogP contribution is -2.25. The number of hydrogen-bond donors (Lipinski definition) is 0. The number of nitrogens with zero attached hydrogens (tertiary/aromatic N) is 2. The van der Waals surface area contributed by atoms with E-state index < -0.39 is 0 Å². The van der Waals surface area contributed by atoms with Crippen molar-refractivity contribution in [2.75, 3.05) is 11.9 Å². The van der Waals surface area contributed by atoms with Gasteiger partial charge in [-0.1, -0.05) is 73.9 Å². The van der Waals surface area contributed by atoms with Gasteiger partial charge in [-0.3, -0.25) is 0 Å². The molecule has 0 aliphatic heterocycles. The monoisotopic (exact) mass is 370 g/mol. The summed E-state index contributed by atoms with van der Waals surface area (Å²) in [5.74, 6) is 0. The van der Waals surface area contributed by atoms with Crippen molar-refractivity contribution in [3.8, 4) is 6.07 Å². The van der Waals surface area contributed by atoms with E-state index in [4.69, 9.17) is 0 Å². The van der Waals surface area contributed by atoms with Crippen molar-refractivity contribution in [3.63, 3.8) is 0 Å². The first kappa shape index (κ1) is 20.0. The molecule has 0 heterocycles. The quantitative estimate of drug-likeness (QED) is 0.521. The van der Waals surface area contributed by atoms with Crippen LogP contribution in [0.1, 0.15) is 60.0 Å². The Kier molecular flexibility index (Phi) is 6.05. The minimum Gasteiger partial charge on any atom is -0.363 e. The maximum Gasteiger partial charge on any atom is 0.100 e. The van der Waals surface area contributed by atoms with Crippen LogP contribution in [0.25, 0.3) is 5.57 Å². The molecule has 0 spiro atoms. The van der Waals surface area contributed by atoms with Crippen LogP contribution in [-0.2, 0) is 0 Å². The number of allylic oxidation sites excluding steroid dienone is 2. The lowest BCUT2D eigenvalue weighted by molar-refractivity contribution is 0.785. The summed E-state index contributed by atoms with van der Waals surface area (Å²) in [5.41, 5.74) is 9.30. The summed E-state index contributed by atoms with van der Waals surface area (Å²) >= 11 is 0. The second-order valence-corrected chi connectivity index (χ2v) is 7.83. The van der Waals surface area contributed by atoms with Crippen molar-refractivity contribution in [2.24, 2.45) is 0 Å². The minimum absolute atomic E-state index is 0.0591. The van der Waals surface area contributed by atoms with E-state index in [0.717, 1.165) is 23.1 Å². The molecule has 0 bridgehead atoms. The molecule has 0 fully saturated rings. The molecule has 2 aromatic carbocycles. The Morgan fingerprint density at radius 3 is 2.43 bits per heavy atom. The van der Waals surface area contributed by atoms with Crippen molar-refractivity contribution >= 4 is 11.3 Å². The van der Waals surface area contributed by atoms with Crippen molar-refractivity contribution in [3.05, 3.63) is 81.9 Å². The Morgan fingerprint density at radius 1 is 1.11 bits per heavy atom. The number of benzene rings is 2. The molecule has 0 saturated heterocycles. The Hall–Kier alpha value is -2.79. The van der Waals surface area contributed by atoms with Crippen LogP contribution in [0.2, 0.25) is 0 Å². The molecule has 0 saturated carbocycles. The first-order chi connectivity index (χ1) is 13.5. The molecule has 2 aromatic rings. The van der Waals surface area contributed by atoms with E-state index in [0.29, 0.717) is 0 Å². The summed E-state index contributed by atoms with van der Waals surface area (Å²) in [6.45, 7) is 8.71. The predicted octanol–water partition coefficient (Wildman–Crippen LogP) is 6.83. The molecule has 0 N–H and O–H groups in total. The number of likely N-dealkylation sites (N-methyl/N-ethyl adjacent to an activating group) is 1. The molecular formula is C26H30N2. The second kappa shape index (κ2) is 8.48. The Morgan fingerprint density at radius 2 is 1.79 bits per heavy atom. The fraction of sp³-hybridized carbons (Fsp3) is 0.346. The Balaban J connectivity index is 2.12. The van der Waals surface area contributed by atoms with E-state index in [-0.39, 0.29) is 6.04 Å². The van der Waals surface area contributed by atoms with E-state index in [9.17, 15) is 5.26 Å². The third-order valence-corrected chi connectivity index (χ3v) is 5.62. The normalized spacial score (nSPS) is 15.8. The van der Waals surface area contributed by atoms with Gasteiger partial charge in [0, 0.05) is 12.7 Å². The predicted molar refractivity (Wildman–Crippen MR) is 119 cm³/mol. The van der Waals surface area contributed by atoms with E-state index in [1.54, 1.807) is 0 Å². The lowest BCUT2D eigenvalue weighted by Gasteiger charge is -2.32. The zero-order valence-corrected chi connectivity index (χ0v) is 17.7. The molecule has 2 nitrogen and oxygen atoms in total. The third-order valence-electron chi connectivity index (χ3n) is 5.62. The van der Waals surface area contributed by atoms with Crippen molar-refractivity contribution in [1.29, 1.82) is 5.26 Å². The maximum atomic E-state index is 9.94. The summed E-state index contributed by atoms with van der Waals surface area (Å²) in [7, 11) is 2.16. The molecule has 28 heavy (non-hydrogen) atoms. The van der Waals surface area contributed by atoms with Gasteiger partial charge in [0.1, 0.15) is 6.07 Å². The number of rotatable bonds is 6. The van der Waals surface area contributed by atoms with Gasteiger partial charge < -0.3 is 4.90 Å². The lowest BCUT2D eigenvalue weighted by atomic mass is 9.97. The zero-order chi connectivity index (χ0) is 20.3. The highest BCUT2D eigenvalue weighted by Gasteiger charge is 2.33. The van der Waals surface area contributed by atoms with Crippen LogP contribution in [0.15, 0.2) is 54.1 Å². The van der Waals surface area contributed by atoms with Crippen molar-refractivity contribution in [2.45, 2.75) is 53.0 Å². The fourth-order valence-corrected chi connectivity index (χ4v) is 4.53. The van der Waals surface area contributed by atoms with Crippen LogP contribution in [0, 0.1) is 32.1 Å². The highest BCUT2D eigenvalue weighted by atomic mass is 15.1. The molecule has 1 unspecified atom stereocenters. The topological polar surface area (TPSA) is 27.0 Å². The number of hydrogen-bond acceptors (Lipinski definition) is 2. The average molecular weight is 371 g/mol. The summed E-state index contributed by atoms with van der Waals surface area (Å²) in [4.78, 5) is 2.35. The summed E-state index contributed by atoms with van der Waals surface area (Å²) in [5, 5.41) is 9.94. The van der Waals surface area contributed by atoms with Crippen molar-refractivity contribution < 1.29 is 0 Å². The number of nitriles is 1. The number of fused-ring (bicyclic) bond motifs is 1. The molecule has 144 valence electrons. The van der Waals surface area contributed by atoms with Gasteiger partial charge in [-0.25, -0.2) is 0 Å². The largest absolute Gasteiger partial charge is 0.363 e. The molecule has 1 aliphatic rings. The molecular weight excluding hydrogens is 340 g/mol. The van der Waals surface area contributed by atoms with Gasteiger partial charge in [-0.05, 0) is 55.0 Å². The van der Waals surface area contributed by atoms with Crippen molar-refractivity contribution in [1.82, 2.24) is 0 Å². The average Bonchev–Trinajstić information content (AvgIpc) is 2.97. The third kappa shape index (κ3) is 3.62. The van der Waals surface area contributed by atoms with Gasteiger partial charge in [0.2, 0.25) is 0 Å². The van der Waals surface area contributed by atoms with Crippen LogP contribution < -0.4 is 4.90 Å². The SMILES string of the molecule is CCCC/C=C/C1=C(C#N)c2ccccc2C1N(C)c1c(C)cc(C)cc1C. The number of aryl methyl sites for hydroxylation is 3. The van der Waals surface area contributed by atoms with E-state index in [2.05, 4.69) is 88.2 Å². The maximum absolute atomic E-state index is 9.94. The molecule has 1 atom stereocenters. The Labute approximate surface area is 169 Å². The van der Waals surface area contributed by atoms with Gasteiger partial charge in [0.25, 0.3) is 0 Å². The molecule has 3 rings (SSSR count).